The third kappa shape index (κ3) is 4.57. The van der Waals surface area contributed by atoms with Gasteiger partial charge in [0.15, 0.2) is 0 Å². The Morgan fingerprint density at radius 3 is 2.28 bits per heavy atom. The zero-order valence-corrected chi connectivity index (χ0v) is 20.2. The summed E-state index contributed by atoms with van der Waals surface area (Å²) >= 11 is 0. The summed E-state index contributed by atoms with van der Waals surface area (Å²) in [5.74, 6) is 1.00. The molecule has 1 saturated heterocycles. The van der Waals surface area contributed by atoms with Crippen molar-refractivity contribution in [2.24, 2.45) is 0 Å². The van der Waals surface area contributed by atoms with E-state index in [1.807, 2.05) is 42.5 Å². The molecule has 0 spiro atoms. The number of furan rings is 1. The maximum absolute atomic E-state index is 13.6. The van der Waals surface area contributed by atoms with Crippen molar-refractivity contribution in [3.05, 3.63) is 84.1 Å². The van der Waals surface area contributed by atoms with E-state index in [9.17, 15) is 9.59 Å². The molecule has 0 bridgehead atoms. The molecule has 2 amide bonds. The van der Waals surface area contributed by atoms with Crippen LogP contribution in [0.1, 0.15) is 20.9 Å². The molecular formula is C28H27N3O5. The quantitative estimate of drug-likeness (QED) is 0.428. The molecule has 1 aromatic heterocycles. The second-order valence-electron chi connectivity index (χ2n) is 8.47. The van der Waals surface area contributed by atoms with Gasteiger partial charge in [0.25, 0.3) is 11.8 Å². The van der Waals surface area contributed by atoms with Crippen LogP contribution in [0.5, 0.6) is 11.5 Å². The molecule has 0 saturated carbocycles. The van der Waals surface area contributed by atoms with Gasteiger partial charge < -0.3 is 29.0 Å². The number of amides is 2. The van der Waals surface area contributed by atoms with E-state index in [0.29, 0.717) is 54.1 Å². The number of fused-ring (bicyclic) bond motifs is 1. The highest BCUT2D eigenvalue weighted by Crippen LogP contribution is 2.33. The molecule has 1 fully saturated rings. The molecule has 1 N–H and O–H groups in total. The van der Waals surface area contributed by atoms with Crippen molar-refractivity contribution in [2.75, 3.05) is 50.6 Å². The van der Waals surface area contributed by atoms with Crippen LogP contribution < -0.4 is 19.7 Å². The average molecular weight is 486 g/mol. The number of nitrogens with one attached hydrogen (secondary N) is 1. The van der Waals surface area contributed by atoms with Gasteiger partial charge in [-0.15, -0.1) is 0 Å². The summed E-state index contributed by atoms with van der Waals surface area (Å²) in [6.45, 7) is 2.40. The van der Waals surface area contributed by atoms with E-state index in [1.54, 1.807) is 49.5 Å². The highest BCUT2D eigenvalue weighted by Gasteiger charge is 2.29. The topological polar surface area (TPSA) is 84.2 Å². The fraction of sp³-hybridized carbons (Fsp3) is 0.214. The fourth-order valence-corrected chi connectivity index (χ4v) is 4.37. The average Bonchev–Trinajstić information content (AvgIpc) is 3.31. The third-order valence-electron chi connectivity index (χ3n) is 6.37. The van der Waals surface area contributed by atoms with Crippen LogP contribution in [0.25, 0.3) is 11.0 Å². The van der Waals surface area contributed by atoms with Gasteiger partial charge in [-0.3, -0.25) is 9.59 Å². The fourth-order valence-electron chi connectivity index (χ4n) is 4.37. The van der Waals surface area contributed by atoms with E-state index >= 15 is 0 Å². The van der Waals surface area contributed by atoms with E-state index in [1.165, 1.54) is 0 Å². The van der Waals surface area contributed by atoms with E-state index < -0.39 is 0 Å². The van der Waals surface area contributed by atoms with Gasteiger partial charge in [-0.25, -0.2) is 0 Å². The van der Waals surface area contributed by atoms with Gasteiger partial charge in [-0.1, -0.05) is 18.2 Å². The van der Waals surface area contributed by atoms with Crippen molar-refractivity contribution >= 4 is 34.2 Å². The second kappa shape index (κ2) is 10.0. The first kappa shape index (κ1) is 23.3. The van der Waals surface area contributed by atoms with E-state index in [0.717, 1.165) is 11.4 Å². The van der Waals surface area contributed by atoms with Crippen molar-refractivity contribution in [2.45, 2.75) is 0 Å². The highest BCUT2D eigenvalue weighted by atomic mass is 16.5. The Morgan fingerprint density at radius 1 is 0.833 bits per heavy atom. The number of benzene rings is 3. The number of piperazine rings is 1. The minimum absolute atomic E-state index is 0.132. The molecule has 4 aromatic rings. The lowest BCUT2D eigenvalue weighted by molar-refractivity contribution is 0.0718. The van der Waals surface area contributed by atoms with Gasteiger partial charge in [0.2, 0.25) is 5.76 Å². The molecule has 0 unspecified atom stereocenters. The Kier molecular flexibility index (Phi) is 6.49. The number of anilines is 2. The molecule has 1 aliphatic rings. The summed E-state index contributed by atoms with van der Waals surface area (Å²) in [4.78, 5) is 30.6. The number of ether oxygens (including phenoxy) is 2. The smallest absolute Gasteiger partial charge is 0.291 e. The standard InChI is InChI=1S/C28H27N3O5/c1-34-21-12-10-19(11-13-21)27(32)29-25-23-8-3-4-9-24(23)36-26(25)28(33)31-16-14-30(15-17-31)20-6-5-7-22(18-20)35-2/h3-13,18H,14-17H2,1-2H3,(H,29,32). The summed E-state index contributed by atoms with van der Waals surface area (Å²) < 4.78 is 16.5. The zero-order valence-electron chi connectivity index (χ0n) is 20.2. The minimum atomic E-state index is -0.332. The van der Waals surface area contributed by atoms with Crippen molar-refractivity contribution in [1.82, 2.24) is 4.90 Å². The SMILES string of the molecule is COc1ccc(C(=O)Nc2c(C(=O)N3CCN(c4cccc(OC)c4)CC3)oc3ccccc23)cc1. The third-order valence-corrected chi connectivity index (χ3v) is 6.37. The largest absolute Gasteiger partial charge is 0.497 e. The molecule has 8 nitrogen and oxygen atoms in total. The Morgan fingerprint density at radius 2 is 1.56 bits per heavy atom. The van der Waals surface area contributed by atoms with Crippen LogP contribution in [-0.4, -0.2) is 57.1 Å². The molecule has 36 heavy (non-hydrogen) atoms. The maximum Gasteiger partial charge on any atom is 0.291 e. The number of rotatable bonds is 6. The molecule has 184 valence electrons. The van der Waals surface area contributed by atoms with Crippen LogP contribution in [0.15, 0.2) is 77.2 Å². The van der Waals surface area contributed by atoms with Crippen molar-refractivity contribution in [3.8, 4) is 11.5 Å². The minimum Gasteiger partial charge on any atom is -0.497 e. The predicted molar refractivity (Wildman–Crippen MR) is 138 cm³/mol. The summed E-state index contributed by atoms with van der Waals surface area (Å²) in [5.41, 5.74) is 2.43. The van der Waals surface area contributed by atoms with Crippen molar-refractivity contribution in [1.29, 1.82) is 0 Å². The summed E-state index contributed by atoms with van der Waals surface area (Å²) in [6.07, 6.45) is 0. The van der Waals surface area contributed by atoms with E-state index in [2.05, 4.69) is 10.2 Å². The molecule has 2 heterocycles. The molecule has 8 heteroatoms. The number of carbonyl (C=O) groups excluding carboxylic acids is 2. The Hall–Kier alpha value is -4.46. The number of carbonyl (C=O) groups is 2. The van der Waals surface area contributed by atoms with E-state index in [-0.39, 0.29) is 17.6 Å². The van der Waals surface area contributed by atoms with Gasteiger partial charge in [-0.05, 0) is 48.5 Å². The predicted octanol–water partition coefficient (Wildman–Crippen LogP) is 4.66. The Balaban J connectivity index is 1.36. The first-order chi connectivity index (χ1) is 17.6. The molecule has 0 aliphatic carbocycles. The first-order valence-electron chi connectivity index (χ1n) is 11.7. The van der Waals surface area contributed by atoms with Crippen molar-refractivity contribution < 1.29 is 23.5 Å². The lowest BCUT2D eigenvalue weighted by Gasteiger charge is -2.36. The number of nitrogens with zero attached hydrogens (tertiary/aromatic N) is 2. The Labute approximate surface area is 209 Å². The number of hydrogen-bond donors (Lipinski definition) is 1. The van der Waals surface area contributed by atoms with Gasteiger partial charge >= 0.3 is 0 Å². The molecule has 5 rings (SSSR count). The molecule has 1 aliphatic heterocycles. The summed E-state index contributed by atoms with van der Waals surface area (Å²) in [5, 5.41) is 3.59. The van der Waals surface area contributed by atoms with Gasteiger partial charge in [0, 0.05) is 48.9 Å². The second-order valence-corrected chi connectivity index (χ2v) is 8.47. The maximum atomic E-state index is 13.6. The normalized spacial score (nSPS) is 13.5. The van der Waals surface area contributed by atoms with Crippen LogP contribution in [0.2, 0.25) is 0 Å². The van der Waals surface area contributed by atoms with Gasteiger partial charge in [0.1, 0.15) is 22.8 Å². The Bertz CT molecular complexity index is 1390. The lowest BCUT2D eigenvalue weighted by Crippen LogP contribution is -2.48. The van der Waals surface area contributed by atoms with E-state index in [4.69, 9.17) is 13.9 Å². The summed E-state index contributed by atoms with van der Waals surface area (Å²) in [6, 6.07) is 22.0. The number of methoxy groups -OCH3 is 2. The first-order valence-corrected chi connectivity index (χ1v) is 11.7. The highest BCUT2D eigenvalue weighted by molar-refractivity contribution is 6.14. The van der Waals surface area contributed by atoms with Gasteiger partial charge in [0.05, 0.1) is 14.2 Å². The molecule has 0 radical (unpaired) electrons. The summed E-state index contributed by atoms with van der Waals surface area (Å²) in [7, 11) is 3.22. The number of para-hydroxylation sites is 1. The zero-order chi connectivity index (χ0) is 25.1. The monoisotopic (exact) mass is 485 g/mol. The molecular weight excluding hydrogens is 458 g/mol. The van der Waals surface area contributed by atoms with Crippen LogP contribution in [-0.2, 0) is 0 Å². The van der Waals surface area contributed by atoms with Crippen LogP contribution in [0.4, 0.5) is 11.4 Å². The van der Waals surface area contributed by atoms with Crippen LogP contribution in [0.3, 0.4) is 0 Å². The van der Waals surface area contributed by atoms with Crippen molar-refractivity contribution in [3.63, 3.8) is 0 Å². The molecule has 3 aromatic carbocycles. The van der Waals surface area contributed by atoms with Crippen LogP contribution in [0, 0.1) is 0 Å². The number of hydrogen-bond acceptors (Lipinski definition) is 6. The van der Waals surface area contributed by atoms with Crippen LogP contribution >= 0.6 is 0 Å². The lowest BCUT2D eigenvalue weighted by atomic mass is 10.1. The van der Waals surface area contributed by atoms with Gasteiger partial charge in [-0.2, -0.15) is 0 Å². The molecule has 0 atom stereocenters.